The quantitative estimate of drug-likeness (QED) is 0.0212. The zero-order valence-corrected chi connectivity index (χ0v) is 79.0. The largest absolute Gasteiger partial charge is 0.347 e. The number of hydrogen-bond acceptors (Lipinski definition) is 10. The predicted molar refractivity (Wildman–Crippen MR) is 503 cm³/mol. The van der Waals surface area contributed by atoms with Gasteiger partial charge in [-0.05, 0) is 236 Å². The summed E-state index contributed by atoms with van der Waals surface area (Å²) in [6.45, 7) is 23.8. The molecule has 732 valence electrons. The molecule has 5 amide bonds. The average Bonchev–Trinajstić information content (AvgIpc) is 0.918. The van der Waals surface area contributed by atoms with Gasteiger partial charge in [0.2, 0.25) is 23.7 Å². The van der Waals surface area contributed by atoms with Crippen LogP contribution in [0.3, 0.4) is 0 Å². The Bertz CT molecular complexity index is 5940. The number of allylic oxidation sites excluding steroid dienone is 2. The maximum absolute atomic E-state index is 13.9. The molecule has 5 heterocycles. The van der Waals surface area contributed by atoms with Crippen LogP contribution in [0.15, 0.2) is 177 Å². The van der Waals surface area contributed by atoms with Gasteiger partial charge in [0, 0.05) is 111 Å². The third-order valence-electron chi connectivity index (χ3n) is 25.1. The van der Waals surface area contributed by atoms with E-state index in [2.05, 4.69) is 76.8 Å². The first kappa shape index (κ1) is 107. The van der Waals surface area contributed by atoms with Crippen LogP contribution in [0.4, 0.5) is 65.9 Å². The highest BCUT2D eigenvalue weighted by Crippen LogP contribution is 2.42. The molecule has 10 aromatic rings. The van der Waals surface area contributed by atoms with Crippen LogP contribution in [-0.4, -0.2) is 106 Å². The van der Waals surface area contributed by atoms with Gasteiger partial charge in [-0.15, -0.1) is 13.2 Å². The van der Waals surface area contributed by atoms with Crippen LogP contribution >= 0.6 is 0 Å². The number of fused-ring (bicyclic) bond motifs is 5. The Balaban J connectivity index is 0.000000176. The lowest BCUT2D eigenvalue weighted by Gasteiger charge is -2.37. The highest BCUT2D eigenvalue weighted by atomic mass is 19.3. The fourth-order valence-electron chi connectivity index (χ4n) is 20.3. The average molecular weight is 1900 g/mol. The molecule has 5 aromatic carbocycles. The van der Waals surface area contributed by atoms with Crippen LogP contribution in [0.5, 0.6) is 0 Å². The zero-order valence-electron chi connectivity index (χ0n) is 79.0. The third-order valence-corrected chi connectivity index (χ3v) is 25.1. The first-order valence-electron chi connectivity index (χ1n) is 46.3. The van der Waals surface area contributed by atoms with Gasteiger partial charge >= 0.3 is 0 Å². The normalized spacial score (nSPS) is 17.0. The molecule has 3 fully saturated rings. The van der Waals surface area contributed by atoms with Gasteiger partial charge in [0.1, 0.15) is 27.9 Å². The number of hydrogen-bond donors (Lipinski definition) is 5. The maximum Gasteiger partial charge on any atom is 0.253 e. The van der Waals surface area contributed by atoms with Crippen molar-refractivity contribution < 1.29 is 89.8 Å². The summed E-state index contributed by atoms with van der Waals surface area (Å²) in [6, 6.07) is 26.6. The van der Waals surface area contributed by atoms with E-state index in [9.17, 15) is 89.8 Å². The standard InChI is InChI=1S/C22H26F4N2O.C22H26F2N2O.C21H24F4N2O.C21H25F3N2O.C20H22F2N2O/c1-21(13-22(2,25)26,11-14-6-4-3-5-7-14)28-20(29)16-10-15-8-9-17(23)18(24)19(15)27-12-16;1-21(15-22(2,23)24,13-16-8-4-3-5-9-16)26-20(27)18-12-17-10-6-7-11-19(17)25-14-18;1-20(12-21(2,24)25,10-13-5-3-4-6-13)27-19(28)15-9-14-7-8-16(22)17(23)18(14)26-11-15;1-20(13-21(2,23)24,11-14-6-3-4-7-14)26-19(27)16-10-15-8-5-9-17(22)18(15)25-12-16;1-12(2)9-20(5,10-13(3)4)24-19(25)15-8-14-6-7-16(21)17(22)18(14)23-11-15/h8-10,12,14H,3-7,11,13H2,1-2H3,(H,28,29);3-4,6-7,10-12,14,16H,5,8-9,13,15H2,1-2H3,(H,26,27);7-9,11,13H,3-6,10,12H2,1-2H3,(H,27,28);5,8-10,12,14H,3-4,6-7,11,13H2,1-2H3,(H,26,27);6-8,11H,1,3,9-10H2,2,4-5H3,(H,24,25). The van der Waals surface area contributed by atoms with E-state index >= 15 is 0 Å². The Morgan fingerprint density at radius 3 is 0.934 bits per heavy atom. The van der Waals surface area contributed by atoms with Crippen molar-refractivity contribution in [1.29, 1.82) is 0 Å². The molecule has 14 rings (SSSR count). The lowest BCUT2D eigenvalue weighted by Crippen LogP contribution is -2.50. The SMILES string of the molecule is C=C(C)CC(C)(CC(=C)C)NC(=O)c1cnc2c(F)c(F)ccc2c1.CC(F)(F)CC(C)(CC1CC=CCC1)NC(=O)c1cnc2ccccc2c1.CC(F)(F)CC(C)(CC1CCCC1)NC(=O)c1cnc2c(F)c(F)ccc2c1.CC(F)(F)CC(C)(CC1CCCC1)NC(=O)c1cnc2c(F)cccc2c1.CC(F)(F)CC(C)(CC1CCCCC1)NC(=O)c1cnc2c(F)c(F)ccc2c1. The fourth-order valence-corrected chi connectivity index (χ4v) is 20.3. The number of nitrogens with one attached hydrogen (secondary N) is 5. The molecular weight excluding hydrogens is 1780 g/mol. The van der Waals surface area contributed by atoms with Crippen LogP contribution in [0.25, 0.3) is 54.5 Å². The summed E-state index contributed by atoms with van der Waals surface area (Å²) in [6.07, 6.45) is 28.5. The summed E-state index contributed by atoms with van der Waals surface area (Å²) in [5.74, 6) is -19.2. The Labute approximate surface area is 784 Å². The summed E-state index contributed by atoms with van der Waals surface area (Å²) in [4.78, 5) is 83.7. The molecule has 5 atom stereocenters. The van der Waals surface area contributed by atoms with Crippen LogP contribution in [0, 0.1) is 64.4 Å². The predicted octanol–water partition coefficient (Wildman–Crippen LogP) is 27.6. The molecule has 5 aromatic heterocycles. The summed E-state index contributed by atoms with van der Waals surface area (Å²) in [5.41, 5.74) is -1.09. The van der Waals surface area contributed by atoms with Gasteiger partial charge in [0.05, 0.1) is 33.3 Å². The topological polar surface area (TPSA) is 210 Å². The summed E-state index contributed by atoms with van der Waals surface area (Å²) in [5, 5.41) is 16.5. The molecular formula is C106H123F15N10O5. The van der Waals surface area contributed by atoms with E-state index in [0.29, 0.717) is 78.5 Å². The van der Waals surface area contributed by atoms with Crippen LogP contribution < -0.4 is 26.6 Å². The van der Waals surface area contributed by atoms with E-state index in [1.54, 1.807) is 52.0 Å². The summed E-state index contributed by atoms with van der Waals surface area (Å²) in [7, 11) is 0. The number of rotatable bonds is 30. The van der Waals surface area contributed by atoms with Gasteiger partial charge in [-0.1, -0.05) is 137 Å². The number of halogens is 15. The number of amides is 5. The van der Waals surface area contributed by atoms with Crippen molar-refractivity contribution in [3.63, 3.8) is 0 Å². The number of nitrogens with zero attached hydrogens (tertiary/aromatic N) is 5. The molecule has 30 heteroatoms. The molecule has 136 heavy (non-hydrogen) atoms. The van der Waals surface area contributed by atoms with Crippen molar-refractivity contribution >= 4 is 84.1 Å². The van der Waals surface area contributed by atoms with E-state index in [0.717, 1.165) is 183 Å². The van der Waals surface area contributed by atoms with Crippen molar-refractivity contribution in [2.45, 2.75) is 294 Å². The van der Waals surface area contributed by atoms with Crippen molar-refractivity contribution in [2.24, 2.45) is 23.7 Å². The lowest BCUT2D eigenvalue weighted by molar-refractivity contribution is -0.0183. The molecule has 0 radical (unpaired) electrons. The molecule has 4 aliphatic carbocycles. The summed E-state index contributed by atoms with van der Waals surface area (Å²) >= 11 is 0. The van der Waals surface area contributed by atoms with Gasteiger partial charge in [-0.2, -0.15) is 0 Å². The van der Waals surface area contributed by atoms with Crippen LogP contribution in [0.1, 0.15) is 295 Å². The van der Waals surface area contributed by atoms with Crippen molar-refractivity contribution in [3.8, 4) is 0 Å². The van der Waals surface area contributed by atoms with Crippen molar-refractivity contribution in [1.82, 2.24) is 51.5 Å². The first-order valence-corrected chi connectivity index (χ1v) is 46.3. The van der Waals surface area contributed by atoms with Crippen LogP contribution in [-0.2, 0) is 0 Å². The number of pyridine rings is 5. The van der Waals surface area contributed by atoms with Gasteiger partial charge in [0.25, 0.3) is 29.5 Å². The van der Waals surface area contributed by atoms with Gasteiger partial charge in [0.15, 0.2) is 34.9 Å². The molecule has 5 unspecified atom stereocenters. The number of carbonyl (C=O) groups excluding carboxylic acids is 5. The van der Waals surface area contributed by atoms with E-state index in [4.69, 9.17) is 0 Å². The Kier molecular flexibility index (Phi) is 35.6. The Hall–Kier alpha value is -11.3. The third kappa shape index (κ3) is 31.9. The van der Waals surface area contributed by atoms with Crippen molar-refractivity contribution in [2.75, 3.05) is 0 Å². The number of aromatic nitrogens is 5. The number of alkyl halides is 8. The molecule has 0 spiro atoms. The molecule has 0 aliphatic heterocycles. The zero-order chi connectivity index (χ0) is 99.7. The second-order valence-corrected chi connectivity index (χ2v) is 40.0. The number of para-hydroxylation sites is 2. The fraction of sp³-hybridized carbons (Fsp3) is 0.472. The molecule has 15 nitrogen and oxygen atoms in total. The number of benzene rings is 5. The second kappa shape index (κ2) is 45.3. The van der Waals surface area contributed by atoms with Gasteiger partial charge in [-0.3, -0.25) is 48.9 Å². The van der Waals surface area contributed by atoms with E-state index < -0.39 is 129 Å². The molecule has 5 N–H and O–H groups in total. The first-order chi connectivity index (χ1) is 63.6. The number of carbonyl (C=O) groups is 5. The lowest BCUT2D eigenvalue weighted by atomic mass is 9.77. The monoisotopic (exact) mass is 1900 g/mol. The Morgan fingerprint density at radius 1 is 0.324 bits per heavy atom. The minimum absolute atomic E-state index is 0.0943. The Morgan fingerprint density at radius 2 is 0.610 bits per heavy atom. The second-order valence-electron chi connectivity index (χ2n) is 40.0. The smallest absolute Gasteiger partial charge is 0.253 e. The molecule has 0 bridgehead atoms. The molecule has 4 aliphatic rings. The van der Waals surface area contributed by atoms with Crippen molar-refractivity contribution in [3.05, 3.63) is 245 Å². The van der Waals surface area contributed by atoms with E-state index in [1.807, 2.05) is 45.0 Å². The highest BCUT2D eigenvalue weighted by molar-refractivity contribution is 6.01. The van der Waals surface area contributed by atoms with Crippen LogP contribution in [0.2, 0.25) is 0 Å². The molecule has 3 saturated carbocycles. The minimum Gasteiger partial charge on any atom is -0.347 e. The van der Waals surface area contributed by atoms with E-state index in [1.165, 1.54) is 61.1 Å². The van der Waals surface area contributed by atoms with E-state index in [-0.39, 0.29) is 73.3 Å². The van der Waals surface area contributed by atoms with Gasteiger partial charge < -0.3 is 26.6 Å². The summed E-state index contributed by atoms with van der Waals surface area (Å²) < 4.78 is 206. The molecule has 0 saturated heterocycles. The minimum atomic E-state index is -2.93. The maximum atomic E-state index is 13.9. The highest BCUT2D eigenvalue weighted by Gasteiger charge is 2.44. The van der Waals surface area contributed by atoms with Gasteiger partial charge in [-0.25, -0.2) is 65.9 Å².